The third-order valence-corrected chi connectivity index (χ3v) is 2.64. The molecule has 0 aromatic heterocycles. The van der Waals surface area contributed by atoms with Crippen molar-refractivity contribution < 1.29 is 9.59 Å². The van der Waals surface area contributed by atoms with Crippen LogP contribution in [0.1, 0.15) is 59.3 Å². The zero-order valence-electron chi connectivity index (χ0n) is 9.64. The second-order valence-electron chi connectivity index (χ2n) is 3.89. The lowest BCUT2D eigenvalue weighted by molar-refractivity contribution is -0.123. The number of ketones is 2. The summed E-state index contributed by atoms with van der Waals surface area (Å²) in [7, 11) is 0. The molecule has 82 valence electrons. The van der Waals surface area contributed by atoms with Crippen LogP contribution in [-0.4, -0.2) is 11.6 Å². The van der Waals surface area contributed by atoms with Crippen LogP contribution in [0.4, 0.5) is 0 Å². The molecule has 2 nitrogen and oxygen atoms in total. The molecule has 0 saturated carbocycles. The van der Waals surface area contributed by atoms with Crippen LogP contribution in [-0.2, 0) is 9.59 Å². The summed E-state index contributed by atoms with van der Waals surface area (Å²) in [5, 5.41) is 0. The normalized spacial score (nSPS) is 10.6. The lowest BCUT2D eigenvalue weighted by atomic mass is 9.94. The smallest absolute Gasteiger partial charge is 0.135 e. The standard InChI is InChI=1S/C12H22O2/c1-4-11(5-2)12(14)9-7-6-8-10(3)13/h11H,4-9H2,1-3H3. The van der Waals surface area contributed by atoms with Crippen molar-refractivity contribution in [1.82, 2.24) is 0 Å². The zero-order chi connectivity index (χ0) is 11.0. The number of hydrogen-bond donors (Lipinski definition) is 0. The van der Waals surface area contributed by atoms with Gasteiger partial charge in [0.05, 0.1) is 0 Å². The molecule has 0 aliphatic heterocycles. The minimum atomic E-state index is 0.222. The first-order chi connectivity index (χ1) is 6.61. The monoisotopic (exact) mass is 198 g/mol. The molecule has 14 heavy (non-hydrogen) atoms. The summed E-state index contributed by atoms with van der Waals surface area (Å²) >= 11 is 0. The van der Waals surface area contributed by atoms with E-state index in [-0.39, 0.29) is 11.7 Å². The Bertz CT molecular complexity index is 181. The maximum atomic E-state index is 11.6. The van der Waals surface area contributed by atoms with Gasteiger partial charge in [-0.2, -0.15) is 0 Å². The number of unbranched alkanes of at least 4 members (excludes halogenated alkanes) is 1. The molecule has 0 saturated heterocycles. The molecule has 0 fully saturated rings. The Hall–Kier alpha value is -0.660. The summed E-state index contributed by atoms with van der Waals surface area (Å²) in [6, 6.07) is 0. The Labute approximate surface area is 87.1 Å². The van der Waals surface area contributed by atoms with E-state index in [0.717, 1.165) is 25.7 Å². The highest BCUT2D eigenvalue weighted by Gasteiger charge is 2.12. The highest BCUT2D eigenvalue weighted by atomic mass is 16.1. The van der Waals surface area contributed by atoms with Crippen LogP contribution >= 0.6 is 0 Å². The molecule has 0 aliphatic rings. The Morgan fingerprint density at radius 2 is 1.50 bits per heavy atom. The molecule has 0 amide bonds. The molecule has 0 atom stereocenters. The molecule has 0 radical (unpaired) electrons. The fourth-order valence-electron chi connectivity index (χ4n) is 1.62. The first-order valence-electron chi connectivity index (χ1n) is 5.63. The molecule has 0 N–H and O–H groups in total. The predicted molar refractivity (Wildman–Crippen MR) is 58.2 cm³/mol. The van der Waals surface area contributed by atoms with Crippen molar-refractivity contribution in [2.24, 2.45) is 5.92 Å². The number of Topliss-reactive ketones (excluding diaryl/α,β-unsaturated/α-hetero) is 2. The average Bonchev–Trinajstić information content (AvgIpc) is 2.14. The van der Waals surface area contributed by atoms with Crippen LogP contribution in [0.15, 0.2) is 0 Å². The van der Waals surface area contributed by atoms with Gasteiger partial charge < -0.3 is 4.79 Å². The first kappa shape index (κ1) is 13.3. The molecule has 0 aromatic carbocycles. The van der Waals surface area contributed by atoms with Crippen LogP contribution in [0.2, 0.25) is 0 Å². The fourth-order valence-corrected chi connectivity index (χ4v) is 1.62. The van der Waals surface area contributed by atoms with Crippen molar-refractivity contribution in [3.8, 4) is 0 Å². The third-order valence-electron chi connectivity index (χ3n) is 2.64. The van der Waals surface area contributed by atoms with E-state index in [9.17, 15) is 9.59 Å². The highest BCUT2D eigenvalue weighted by molar-refractivity contribution is 5.81. The van der Waals surface area contributed by atoms with Gasteiger partial charge in [-0.15, -0.1) is 0 Å². The van der Waals surface area contributed by atoms with E-state index in [0.29, 0.717) is 18.6 Å². The average molecular weight is 198 g/mol. The predicted octanol–water partition coefficient (Wildman–Crippen LogP) is 3.14. The van der Waals surface area contributed by atoms with Crippen molar-refractivity contribution in [2.75, 3.05) is 0 Å². The van der Waals surface area contributed by atoms with E-state index in [1.165, 1.54) is 0 Å². The Morgan fingerprint density at radius 1 is 1.00 bits per heavy atom. The van der Waals surface area contributed by atoms with E-state index in [1.807, 2.05) is 0 Å². The Kier molecular flexibility index (Phi) is 7.35. The van der Waals surface area contributed by atoms with Crippen molar-refractivity contribution in [3.63, 3.8) is 0 Å². The van der Waals surface area contributed by atoms with Crippen LogP contribution in [0.3, 0.4) is 0 Å². The van der Waals surface area contributed by atoms with Gasteiger partial charge in [-0.1, -0.05) is 13.8 Å². The second-order valence-corrected chi connectivity index (χ2v) is 3.89. The van der Waals surface area contributed by atoms with Gasteiger partial charge >= 0.3 is 0 Å². The second kappa shape index (κ2) is 7.72. The molecule has 2 heteroatoms. The molecule has 0 spiro atoms. The van der Waals surface area contributed by atoms with Gasteiger partial charge in [0.25, 0.3) is 0 Å². The zero-order valence-corrected chi connectivity index (χ0v) is 9.64. The van der Waals surface area contributed by atoms with E-state index in [1.54, 1.807) is 6.92 Å². The van der Waals surface area contributed by atoms with Gasteiger partial charge in [0.2, 0.25) is 0 Å². The summed E-state index contributed by atoms with van der Waals surface area (Å²) in [6.45, 7) is 5.71. The number of rotatable bonds is 8. The SMILES string of the molecule is CCC(CC)C(=O)CCCCC(C)=O. The Balaban J connectivity index is 3.57. The number of carbonyl (C=O) groups excluding carboxylic acids is 2. The summed E-state index contributed by atoms with van der Waals surface area (Å²) in [5.74, 6) is 0.839. The van der Waals surface area contributed by atoms with Crippen molar-refractivity contribution >= 4 is 11.6 Å². The van der Waals surface area contributed by atoms with Gasteiger partial charge in [-0.25, -0.2) is 0 Å². The van der Waals surface area contributed by atoms with E-state index in [2.05, 4.69) is 13.8 Å². The quantitative estimate of drug-likeness (QED) is 0.561. The molecule has 0 aliphatic carbocycles. The molecule has 0 heterocycles. The van der Waals surface area contributed by atoms with Crippen molar-refractivity contribution in [1.29, 1.82) is 0 Å². The molecule has 0 rings (SSSR count). The lowest BCUT2D eigenvalue weighted by Crippen LogP contribution is -2.12. The van der Waals surface area contributed by atoms with Crippen molar-refractivity contribution in [2.45, 2.75) is 59.3 Å². The molecule has 0 bridgehead atoms. The fraction of sp³-hybridized carbons (Fsp3) is 0.833. The highest BCUT2D eigenvalue weighted by Crippen LogP contribution is 2.13. The third kappa shape index (κ3) is 5.90. The van der Waals surface area contributed by atoms with Gasteiger partial charge in [0, 0.05) is 18.8 Å². The van der Waals surface area contributed by atoms with E-state index < -0.39 is 0 Å². The number of hydrogen-bond acceptors (Lipinski definition) is 2. The lowest BCUT2D eigenvalue weighted by Gasteiger charge is -2.10. The minimum Gasteiger partial charge on any atom is -0.300 e. The minimum absolute atomic E-state index is 0.222. The summed E-state index contributed by atoms with van der Waals surface area (Å²) < 4.78 is 0. The van der Waals surface area contributed by atoms with E-state index >= 15 is 0 Å². The van der Waals surface area contributed by atoms with Gasteiger partial charge in [0.15, 0.2) is 0 Å². The maximum Gasteiger partial charge on any atom is 0.135 e. The van der Waals surface area contributed by atoms with Gasteiger partial charge in [-0.3, -0.25) is 4.79 Å². The van der Waals surface area contributed by atoms with Gasteiger partial charge in [-0.05, 0) is 32.6 Å². The van der Waals surface area contributed by atoms with Crippen LogP contribution in [0, 0.1) is 5.92 Å². The Morgan fingerprint density at radius 3 is 1.93 bits per heavy atom. The van der Waals surface area contributed by atoms with E-state index in [4.69, 9.17) is 0 Å². The van der Waals surface area contributed by atoms with Crippen LogP contribution < -0.4 is 0 Å². The first-order valence-corrected chi connectivity index (χ1v) is 5.63. The van der Waals surface area contributed by atoms with Crippen molar-refractivity contribution in [3.05, 3.63) is 0 Å². The summed E-state index contributed by atoms with van der Waals surface area (Å²) in [4.78, 5) is 22.2. The largest absolute Gasteiger partial charge is 0.300 e. The number of carbonyl (C=O) groups is 2. The van der Waals surface area contributed by atoms with Crippen LogP contribution in [0.25, 0.3) is 0 Å². The van der Waals surface area contributed by atoms with Gasteiger partial charge in [0.1, 0.15) is 11.6 Å². The molecular formula is C12H22O2. The molecule has 0 unspecified atom stereocenters. The summed E-state index contributed by atoms with van der Waals surface area (Å²) in [6.07, 6.45) is 4.90. The summed E-state index contributed by atoms with van der Waals surface area (Å²) in [5.41, 5.74) is 0. The maximum absolute atomic E-state index is 11.6. The van der Waals surface area contributed by atoms with Crippen LogP contribution in [0.5, 0.6) is 0 Å². The molecular weight excluding hydrogens is 176 g/mol. The topological polar surface area (TPSA) is 34.1 Å². The molecule has 0 aromatic rings.